The monoisotopic (exact) mass is 207 g/mol. The first-order valence-corrected chi connectivity index (χ1v) is 5.20. The van der Waals surface area contributed by atoms with Gasteiger partial charge in [0.2, 0.25) is 0 Å². The minimum absolute atomic E-state index is 0.255. The number of rotatable bonds is 4. The lowest BCUT2D eigenvalue weighted by molar-refractivity contribution is 0.0525. The van der Waals surface area contributed by atoms with Gasteiger partial charge in [-0.1, -0.05) is 6.07 Å². The average molecular weight is 207 g/mol. The maximum absolute atomic E-state index is 11.6. The van der Waals surface area contributed by atoms with Crippen LogP contribution in [0.1, 0.15) is 29.8 Å². The van der Waals surface area contributed by atoms with E-state index in [4.69, 9.17) is 4.74 Å². The van der Waals surface area contributed by atoms with Crippen LogP contribution in [0.2, 0.25) is 0 Å². The van der Waals surface area contributed by atoms with Gasteiger partial charge in [0.25, 0.3) is 0 Å². The van der Waals surface area contributed by atoms with E-state index in [-0.39, 0.29) is 5.97 Å². The summed E-state index contributed by atoms with van der Waals surface area (Å²) in [6.45, 7) is 6.97. The van der Waals surface area contributed by atoms with Crippen molar-refractivity contribution < 1.29 is 9.53 Å². The van der Waals surface area contributed by atoms with Crippen molar-refractivity contribution in [2.45, 2.75) is 20.8 Å². The summed E-state index contributed by atoms with van der Waals surface area (Å²) in [7, 11) is 0. The number of ether oxygens (including phenoxy) is 1. The molecule has 3 nitrogen and oxygen atoms in total. The summed E-state index contributed by atoms with van der Waals surface area (Å²) in [5.41, 5.74) is 2.52. The van der Waals surface area contributed by atoms with Crippen molar-refractivity contribution in [2.24, 2.45) is 0 Å². The van der Waals surface area contributed by atoms with Crippen molar-refractivity contribution in [3.63, 3.8) is 0 Å². The van der Waals surface area contributed by atoms with Gasteiger partial charge >= 0.3 is 5.97 Å². The molecule has 1 rings (SSSR count). The first kappa shape index (κ1) is 11.6. The van der Waals surface area contributed by atoms with Crippen molar-refractivity contribution in [2.75, 3.05) is 18.5 Å². The number of aryl methyl sites for hydroxylation is 1. The zero-order valence-corrected chi connectivity index (χ0v) is 9.46. The van der Waals surface area contributed by atoms with E-state index in [0.29, 0.717) is 12.2 Å². The molecule has 0 heterocycles. The van der Waals surface area contributed by atoms with Crippen LogP contribution in [0.25, 0.3) is 0 Å². The molecular formula is C12H17NO2. The lowest BCUT2D eigenvalue weighted by Crippen LogP contribution is -2.07. The summed E-state index contributed by atoms with van der Waals surface area (Å²) in [6, 6.07) is 5.71. The molecule has 3 heteroatoms. The number of carbonyl (C=O) groups excluding carboxylic acids is 1. The summed E-state index contributed by atoms with van der Waals surface area (Å²) in [4.78, 5) is 11.6. The van der Waals surface area contributed by atoms with Gasteiger partial charge < -0.3 is 10.1 Å². The van der Waals surface area contributed by atoms with E-state index in [9.17, 15) is 4.79 Å². The Morgan fingerprint density at radius 3 is 2.73 bits per heavy atom. The van der Waals surface area contributed by atoms with Crippen LogP contribution >= 0.6 is 0 Å². The summed E-state index contributed by atoms with van der Waals surface area (Å²) < 4.78 is 4.98. The second-order valence-electron chi connectivity index (χ2n) is 3.28. The molecule has 0 aliphatic rings. The molecule has 0 radical (unpaired) electrons. The van der Waals surface area contributed by atoms with Crippen LogP contribution in [-0.4, -0.2) is 19.1 Å². The Bertz CT molecular complexity index is 347. The molecule has 1 aromatic rings. The zero-order valence-electron chi connectivity index (χ0n) is 9.46. The van der Waals surface area contributed by atoms with Crippen LogP contribution in [0.4, 0.5) is 5.69 Å². The molecule has 82 valence electrons. The van der Waals surface area contributed by atoms with E-state index in [1.165, 1.54) is 0 Å². The molecule has 0 fully saturated rings. The van der Waals surface area contributed by atoms with Crippen molar-refractivity contribution in [3.8, 4) is 0 Å². The molecule has 0 aliphatic carbocycles. The van der Waals surface area contributed by atoms with Gasteiger partial charge in [0.15, 0.2) is 0 Å². The summed E-state index contributed by atoms with van der Waals surface area (Å²) >= 11 is 0. The van der Waals surface area contributed by atoms with Crippen LogP contribution in [0.3, 0.4) is 0 Å². The Kier molecular flexibility index (Phi) is 4.16. The quantitative estimate of drug-likeness (QED) is 0.771. The molecule has 0 saturated carbocycles. The Balaban J connectivity index is 2.94. The number of esters is 1. The maximum Gasteiger partial charge on any atom is 0.338 e. The Morgan fingerprint density at radius 1 is 1.40 bits per heavy atom. The lowest BCUT2D eigenvalue weighted by Gasteiger charge is -2.08. The highest BCUT2D eigenvalue weighted by Crippen LogP contribution is 2.16. The van der Waals surface area contributed by atoms with Gasteiger partial charge in [-0.05, 0) is 38.5 Å². The van der Waals surface area contributed by atoms with Crippen LogP contribution in [0.5, 0.6) is 0 Å². The molecule has 0 amide bonds. The number of nitrogens with one attached hydrogen (secondary N) is 1. The summed E-state index contributed by atoms with van der Waals surface area (Å²) in [5.74, 6) is -0.255. The van der Waals surface area contributed by atoms with Crippen LogP contribution in [0, 0.1) is 6.92 Å². The average Bonchev–Trinajstić information content (AvgIpc) is 2.21. The Morgan fingerprint density at radius 2 is 2.13 bits per heavy atom. The third kappa shape index (κ3) is 2.98. The summed E-state index contributed by atoms with van der Waals surface area (Å²) in [6.07, 6.45) is 0. The van der Waals surface area contributed by atoms with Gasteiger partial charge in [0.1, 0.15) is 0 Å². The minimum Gasteiger partial charge on any atom is -0.462 e. The predicted octanol–water partition coefficient (Wildman–Crippen LogP) is 2.60. The van der Waals surface area contributed by atoms with E-state index < -0.39 is 0 Å². The van der Waals surface area contributed by atoms with Crippen LogP contribution in [-0.2, 0) is 4.74 Å². The minimum atomic E-state index is -0.255. The molecule has 0 aromatic heterocycles. The smallest absolute Gasteiger partial charge is 0.338 e. The van der Waals surface area contributed by atoms with E-state index >= 15 is 0 Å². The van der Waals surface area contributed by atoms with Gasteiger partial charge in [0, 0.05) is 12.2 Å². The highest BCUT2D eigenvalue weighted by atomic mass is 16.5. The van der Waals surface area contributed by atoms with Gasteiger partial charge in [-0.25, -0.2) is 4.79 Å². The molecule has 0 bridgehead atoms. The normalized spacial score (nSPS) is 9.80. The van der Waals surface area contributed by atoms with E-state index in [1.807, 2.05) is 32.0 Å². The number of hydrogen-bond donors (Lipinski definition) is 1. The largest absolute Gasteiger partial charge is 0.462 e. The van der Waals surface area contributed by atoms with E-state index in [2.05, 4.69) is 5.32 Å². The molecule has 15 heavy (non-hydrogen) atoms. The fraction of sp³-hybridized carbons (Fsp3) is 0.417. The number of hydrogen-bond acceptors (Lipinski definition) is 3. The van der Waals surface area contributed by atoms with Gasteiger partial charge in [-0.15, -0.1) is 0 Å². The number of anilines is 1. The molecule has 0 atom stereocenters. The predicted molar refractivity (Wildman–Crippen MR) is 61.3 cm³/mol. The fourth-order valence-corrected chi connectivity index (χ4v) is 1.36. The van der Waals surface area contributed by atoms with Gasteiger partial charge in [-0.2, -0.15) is 0 Å². The zero-order chi connectivity index (χ0) is 11.3. The summed E-state index contributed by atoms with van der Waals surface area (Å²) in [5, 5.41) is 3.16. The lowest BCUT2D eigenvalue weighted by atomic mass is 10.1. The third-order valence-electron chi connectivity index (χ3n) is 2.11. The van der Waals surface area contributed by atoms with E-state index in [1.54, 1.807) is 6.92 Å². The van der Waals surface area contributed by atoms with Crippen LogP contribution < -0.4 is 5.32 Å². The van der Waals surface area contributed by atoms with Crippen LogP contribution in [0.15, 0.2) is 18.2 Å². The highest BCUT2D eigenvalue weighted by Gasteiger charge is 2.10. The maximum atomic E-state index is 11.6. The molecule has 0 saturated heterocycles. The molecule has 1 N–H and O–H groups in total. The Hall–Kier alpha value is -1.51. The molecule has 1 aromatic carbocycles. The third-order valence-corrected chi connectivity index (χ3v) is 2.11. The van der Waals surface area contributed by atoms with E-state index in [0.717, 1.165) is 17.8 Å². The fourth-order valence-electron chi connectivity index (χ4n) is 1.36. The molecular weight excluding hydrogens is 190 g/mol. The van der Waals surface area contributed by atoms with Gasteiger partial charge in [-0.3, -0.25) is 0 Å². The second kappa shape index (κ2) is 5.39. The van der Waals surface area contributed by atoms with Crippen molar-refractivity contribution in [1.29, 1.82) is 0 Å². The Labute approximate surface area is 90.4 Å². The topological polar surface area (TPSA) is 38.3 Å². The molecule has 0 spiro atoms. The molecule has 0 aliphatic heterocycles. The van der Waals surface area contributed by atoms with Gasteiger partial charge in [0.05, 0.1) is 12.2 Å². The van der Waals surface area contributed by atoms with Crippen molar-refractivity contribution >= 4 is 11.7 Å². The molecule has 0 unspecified atom stereocenters. The van der Waals surface area contributed by atoms with Crippen molar-refractivity contribution in [1.82, 2.24) is 0 Å². The van der Waals surface area contributed by atoms with Crippen molar-refractivity contribution in [3.05, 3.63) is 29.3 Å². The number of carbonyl (C=O) groups is 1. The SMILES string of the molecule is CCNc1ccc(C)c(C(=O)OCC)c1. The highest BCUT2D eigenvalue weighted by molar-refractivity contribution is 5.92. The standard InChI is InChI=1S/C12H17NO2/c1-4-13-10-7-6-9(3)11(8-10)12(14)15-5-2/h6-8,13H,4-5H2,1-3H3. The first-order chi connectivity index (χ1) is 7.19. The second-order valence-corrected chi connectivity index (χ2v) is 3.28. The first-order valence-electron chi connectivity index (χ1n) is 5.20. The number of benzene rings is 1.